The highest BCUT2D eigenvalue weighted by molar-refractivity contribution is 5.85. The number of hydrogen-bond donors (Lipinski definition) is 3. The Balaban J connectivity index is 0. The Labute approximate surface area is 126 Å². The molecular weight excluding hydrogens is 284 g/mol. The van der Waals surface area contributed by atoms with Crippen molar-refractivity contribution in [1.29, 1.82) is 0 Å². The molecule has 7 heteroatoms. The molecule has 1 amide bonds. The molecule has 0 saturated heterocycles. The second kappa shape index (κ2) is 9.96. The van der Waals surface area contributed by atoms with Gasteiger partial charge < -0.3 is 20.9 Å². The van der Waals surface area contributed by atoms with Gasteiger partial charge in [0.1, 0.15) is 0 Å². The van der Waals surface area contributed by atoms with Gasteiger partial charge in [0.2, 0.25) is 5.91 Å². The number of nitrogens with two attached hydrogens (primary N) is 1. The smallest absolute Gasteiger partial charge is 0.337 e. The van der Waals surface area contributed by atoms with Crippen LogP contribution in [-0.4, -0.2) is 41.3 Å². The van der Waals surface area contributed by atoms with Crippen LogP contribution in [0.3, 0.4) is 0 Å². The molecule has 0 heterocycles. The number of nitrogens with one attached hydrogen (secondary N) is 1. The number of amides is 1. The first-order valence-electron chi connectivity index (χ1n) is 6.59. The van der Waals surface area contributed by atoms with Crippen molar-refractivity contribution in [2.75, 3.05) is 0 Å². The van der Waals surface area contributed by atoms with Gasteiger partial charge in [-0.3, -0.25) is 4.79 Å². The minimum atomic E-state index is -1.38. The van der Waals surface area contributed by atoms with Gasteiger partial charge in [0.15, 0.2) is 6.10 Å². The van der Waals surface area contributed by atoms with Gasteiger partial charge in [0, 0.05) is 0 Å². The van der Waals surface area contributed by atoms with Crippen LogP contribution in [0, 0.1) is 5.92 Å². The molecule has 0 aliphatic rings. The molecule has 0 fully saturated rings. The minimum absolute atomic E-state index is 0. The number of rotatable bonds is 7. The first kappa shape index (κ1) is 21.4. The van der Waals surface area contributed by atoms with E-state index in [0.717, 1.165) is 0 Å². The van der Waals surface area contributed by atoms with E-state index >= 15 is 0 Å². The lowest BCUT2D eigenvalue weighted by molar-refractivity contribution is -0.159. The Morgan fingerprint density at radius 2 is 1.70 bits per heavy atom. The summed E-state index contributed by atoms with van der Waals surface area (Å²) in [7, 11) is 0. The summed E-state index contributed by atoms with van der Waals surface area (Å²) in [5.74, 6) is -0.924. The van der Waals surface area contributed by atoms with Crippen molar-refractivity contribution in [3.05, 3.63) is 0 Å². The summed E-state index contributed by atoms with van der Waals surface area (Å²) in [6, 6.07) is -1.38. The first-order chi connectivity index (χ1) is 8.65. The summed E-state index contributed by atoms with van der Waals surface area (Å²) >= 11 is 0. The molecule has 0 aromatic heterocycles. The van der Waals surface area contributed by atoms with Gasteiger partial charge in [-0.05, 0) is 33.1 Å². The van der Waals surface area contributed by atoms with Crippen LogP contribution in [0.15, 0.2) is 0 Å². The molecule has 120 valence electrons. The fourth-order valence-corrected chi connectivity index (χ4v) is 1.56. The van der Waals surface area contributed by atoms with Gasteiger partial charge in [-0.2, -0.15) is 0 Å². The summed E-state index contributed by atoms with van der Waals surface area (Å²) < 4.78 is 4.95. The fourth-order valence-electron chi connectivity index (χ4n) is 1.56. The SMILES string of the molecule is CC(C)C[C@H](NC(=O)[C@H](C)N)C(O)C(=O)OC(C)C.Cl. The summed E-state index contributed by atoms with van der Waals surface area (Å²) in [5, 5.41) is 12.6. The van der Waals surface area contributed by atoms with Crippen molar-refractivity contribution in [3.8, 4) is 0 Å². The van der Waals surface area contributed by atoms with E-state index in [9.17, 15) is 14.7 Å². The van der Waals surface area contributed by atoms with Gasteiger partial charge in [-0.15, -0.1) is 12.4 Å². The van der Waals surface area contributed by atoms with E-state index in [1.54, 1.807) is 20.8 Å². The molecule has 0 aromatic carbocycles. The third-order valence-electron chi connectivity index (χ3n) is 2.44. The van der Waals surface area contributed by atoms with Gasteiger partial charge >= 0.3 is 5.97 Å². The molecule has 0 aliphatic heterocycles. The average molecular weight is 311 g/mol. The molecule has 0 aromatic rings. The molecule has 0 saturated carbocycles. The Morgan fingerprint density at radius 1 is 1.20 bits per heavy atom. The molecule has 4 N–H and O–H groups in total. The second-order valence-corrected chi connectivity index (χ2v) is 5.46. The van der Waals surface area contributed by atoms with Crippen LogP contribution in [0.4, 0.5) is 0 Å². The topological polar surface area (TPSA) is 102 Å². The molecule has 0 radical (unpaired) electrons. The summed E-state index contributed by atoms with van der Waals surface area (Å²) in [6.07, 6.45) is -1.23. The largest absolute Gasteiger partial charge is 0.461 e. The lowest BCUT2D eigenvalue weighted by atomic mass is 9.98. The maximum atomic E-state index is 11.7. The molecular formula is C13H27ClN2O4. The lowest BCUT2D eigenvalue weighted by Gasteiger charge is -2.25. The van der Waals surface area contributed by atoms with E-state index < -0.39 is 30.1 Å². The van der Waals surface area contributed by atoms with E-state index in [4.69, 9.17) is 10.5 Å². The summed E-state index contributed by atoms with van der Waals surface area (Å²) in [4.78, 5) is 23.3. The van der Waals surface area contributed by atoms with Crippen LogP contribution in [-0.2, 0) is 14.3 Å². The molecule has 1 unspecified atom stereocenters. The van der Waals surface area contributed by atoms with Crippen LogP contribution < -0.4 is 11.1 Å². The number of carbonyl (C=O) groups is 2. The highest BCUT2D eigenvalue weighted by Gasteiger charge is 2.30. The number of hydrogen-bond acceptors (Lipinski definition) is 5. The Kier molecular flexibility index (Phi) is 10.7. The quantitative estimate of drug-likeness (QED) is 0.598. The van der Waals surface area contributed by atoms with Crippen molar-refractivity contribution in [2.24, 2.45) is 11.7 Å². The van der Waals surface area contributed by atoms with Crippen molar-refractivity contribution < 1.29 is 19.4 Å². The van der Waals surface area contributed by atoms with Gasteiger partial charge in [0.25, 0.3) is 0 Å². The van der Waals surface area contributed by atoms with E-state index in [1.807, 2.05) is 13.8 Å². The fraction of sp³-hybridized carbons (Fsp3) is 0.846. The third kappa shape index (κ3) is 8.35. The molecule has 0 bridgehead atoms. The first-order valence-corrected chi connectivity index (χ1v) is 6.59. The Morgan fingerprint density at radius 3 is 2.05 bits per heavy atom. The van der Waals surface area contributed by atoms with E-state index in [2.05, 4.69) is 5.32 Å². The van der Waals surface area contributed by atoms with Crippen molar-refractivity contribution >= 4 is 24.3 Å². The number of aliphatic hydroxyl groups is 1. The lowest BCUT2D eigenvalue weighted by Crippen LogP contribution is -2.52. The van der Waals surface area contributed by atoms with Gasteiger partial charge in [-0.25, -0.2) is 4.79 Å². The van der Waals surface area contributed by atoms with Crippen LogP contribution in [0.5, 0.6) is 0 Å². The van der Waals surface area contributed by atoms with Crippen molar-refractivity contribution in [2.45, 2.75) is 65.3 Å². The van der Waals surface area contributed by atoms with Crippen LogP contribution in [0.1, 0.15) is 41.0 Å². The van der Waals surface area contributed by atoms with E-state index in [-0.39, 0.29) is 24.4 Å². The highest BCUT2D eigenvalue weighted by atomic mass is 35.5. The zero-order chi connectivity index (χ0) is 15.2. The molecule has 3 atom stereocenters. The molecule has 6 nitrogen and oxygen atoms in total. The number of ether oxygens (including phenoxy) is 1. The zero-order valence-corrected chi connectivity index (χ0v) is 13.6. The van der Waals surface area contributed by atoms with Crippen LogP contribution >= 0.6 is 12.4 Å². The maximum absolute atomic E-state index is 11.7. The number of carbonyl (C=O) groups excluding carboxylic acids is 2. The standard InChI is InChI=1S/C13H26N2O4.ClH/c1-7(2)6-10(15-12(17)9(5)14)11(16)13(18)19-8(3)4;/h7-11,16H,6,14H2,1-5H3,(H,15,17);1H/t9-,10-,11?;/m0./s1. The molecule has 0 aliphatic carbocycles. The highest BCUT2D eigenvalue weighted by Crippen LogP contribution is 2.11. The van der Waals surface area contributed by atoms with Crippen molar-refractivity contribution in [3.63, 3.8) is 0 Å². The zero-order valence-electron chi connectivity index (χ0n) is 12.8. The third-order valence-corrected chi connectivity index (χ3v) is 2.44. The number of esters is 1. The molecule has 20 heavy (non-hydrogen) atoms. The predicted octanol–water partition coefficient (Wildman–Crippen LogP) is 0.599. The van der Waals surface area contributed by atoms with Gasteiger partial charge in [0.05, 0.1) is 18.2 Å². The van der Waals surface area contributed by atoms with Crippen LogP contribution in [0.25, 0.3) is 0 Å². The van der Waals surface area contributed by atoms with E-state index in [1.165, 1.54) is 0 Å². The summed E-state index contributed by atoms with van der Waals surface area (Å²) in [5.41, 5.74) is 5.46. The molecule has 0 rings (SSSR count). The summed E-state index contributed by atoms with van der Waals surface area (Å²) in [6.45, 7) is 8.81. The van der Waals surface area contributed by atoms with E-state index in [0.29, 0.717) is 6.42 Å². The second-order valence-electron chi connectivity index (χ2n) is 5.46. The van der Waals surface area contributed by atoms with Crippen LogP contribution in [0.2, 0.25) is 0 Å². The average Bonchev–Trinajstić information content (AvgIpc) is 2.25. The monoisotopic (exact) mass is 310 g/mol. The maximum Gasteiger partial charge on any atom is 0.337 e. The van der Waals surface area contributed by atoms with Crippen molar-refractivity contribution in [1.82, 2.24) is 5.32 Å². The number of halogens is 1. The minimum Gasteiger partial charge on any atom is -0.461 e. The Hall–Kier alpha value is -0.850. The normalized spacial score (nSPS) is 15.2. The number of aliphatic hydroxyl groups excluding tert-OH is 1. The molecule has 0 spiro atoms. The predicted molar refractivity (Wildman–Crippen MR) is 79.5 cm³/mol. The Bertz CT molecular complexity index is 309. The van der Waals surface area contributed by atoms with Gasteiger partial charge in [-0.1, -0.05) is 13.8 Å².